The lowest BCUT2D eigenvalue weighted by molar-refractivity contribution is -0.121. The third-order valence-electron chi connectivity index (χ3n) is 6.09. The summed E-state index contributed by atoms with van der Waals surface area (Å²) in [6, 6.07) is 20.0. The zero-order valence-electron chi connectivity index (χ0n) is 21.9. The van der Waals surface area contributed by atoms with Gasteiger partial charge in [0, 0.05) is 12.1 Å². The van der Waals surface area contributed by atoms with Gasteiger partial charge in [0.25, 0.3) is 5.91 Å². The van der Waals surface area contributed by atoms with Crippen LogP contribution in [0.3, 0.4) is 0 Å². The first-order valence-electron chi connectivity index (χ1n) is 12.5. The maximum atomic E-state index is 12.4. The van der Waals surface area contributed by atoms with Gasteiger partial charge < -0.3 is 14.5 Å². The summed E-state index contributed by atoms with van der Waals surface area (Å²) >= 11 is 5.31. The molecule has 0 unspecified atom stereocenters. The van der Waals surface area contributed by atoms with E-state index in [1.807, 2.05) is 55.5 Å². The molecule has 0 spiro atoms. The molecule has 0 saturated heterocycles. The van der Waals surface area contributed by atoms with Gasteiger partial charge in [-0.2, -0.15) is 0 Å². The summed E-state index contributed by atoms with van der Waals surface area (Å²) < 4.78 is 11.7. The molecular weight excluding hydrogens is 482 g/mol. The Bertz CT molecular complexity index is 1410. The van der Waals surface area contributed by atoms with Crippen LogP contribution in [-0.2, 0) is 11.2 Å². The van der Waals surface area contributed by atoms with Gasteiger partial charge in [-0.1, -0.05) is 58.0 Å². The summed E-state index contributed by atoms with van der Waals surface area (Å²) in [6.45, 7) is 10.4. The lowest BCUT2D eigenvalue weighted by Gasteiger charge is -2.15. The van der Waals surface area contributed by atoms with E-state index in [2.05, 4.69) is 55.4 Å². The third kappa shape index (κ3) is 6.95. The number of rotatable bonds is 8. The minimum atomic E-state index is -0.318. The van der Waals surface area contributed by atoms with Crippen molar-refractivity contribution < 1.29 is 13.9 Å². The fourth-order valence-corrected chi connectivity index (χ4v) is 4.25. The Hall–Kier alpha value is -3.71. The molecule has 0 saturated carbocycles. The molecule has 1 heterocycles. The molecule has 192 valence electrons. The van der Waals surface area contributed by atoms with Gasteiger partial charge in [-0.3, -0.25) is 10.1 Å². The molecule has 1 amide bonds. The molecule has 1 aromatic heterocycles. The van der Waals surface area contributed by atoms with Crippen molar-refractivity contribution in [1.82, 2.24) is 10.3 Å². The predicted octanol–water partition coefficient (Wildman–Crippen LogP) is 6.87. The zero-order valence-corrected chi connectivity index (χ0v) is 22.7. The van der Waals surface area contributed by atoms with Gasteiger partial charge in [0.15, 0.2) is 23.2 Å². The number of aromatic nitrogens is 1. The number of carbonyl (C=O) groups excluding carboxylic acids is 1. The normalized spacial score (nSPS) is 11.2. The molecule has 3 aromatic carbocycles. The molecule has 0 aliphatic heterocycles. The smallest absolute Gasteiger partial charge is 0.264 e. The molecular formula is C30H33N3O3S. The van der Waals surface area contributed by atoms with Crippen LogP contribution >= 0.6 is 12.2 Å². The lowest BCUT2D eigenvalue weighted by atomic mass is 10.0. The average Bonchev–Trinajstić information content (AvgIpc) is 3.25. The number of ether oxygens (including phenoxy) is 1. The van der Waals surface area contributed by atoms with E-state index in [4.69, 9.17) is 21.4 Å². The molecule has 2 N–H and O–H groups in total. The summed E-state index contributed by atoms with van der Waals surface area (Å²) in [5.41, 5.74) is 6.90. The summed E-state index contributed by atoms with van der Waals surface area (Å²) in [4.78, 5) is 17.0. The van der Waals surface area contributed by atoms with E-state index in [0.29, 0.717) is 24.1 Å². The predicted molar refractivity (Wildman–Crippen MR) is 152 cm³/mol. The Balaban J connectivity index is 1.29. The number of aryl methyl sites for hydroxylation is 1. The fraction of sp³-hybridized carbons (Fsp3) is 0.300. The van der Waals surface area contributed by atoms with Crippen molar-refractivity contribution in [3.05, 3.63) is 88.8 Å². The number of thiocarbonyl (C=S) groups is 1. The minimum absolute atomic E-state index is 0.118. The number of nitrogens with zero attached hydrogens (tertiary/aromatic N) is 1. The number of benzene rings is 3. The second-order valence-corrected chi connectivity index (χ2v) is 10.3. The third-order valence-corrected chi connectivity index (χ3v) is 6.30. The highest BCUT2D eigenvalue weighted by atomic mass is 32.1. The van der Waals surface area contributed by atoms with E-state index >= 15 is 0 Å². The van der Waals surface area contributed by atoms with Crippen LogP contribution in [0, 0.1) is 6.92 Å². The Kier molecular flexibility index (Phi) is 8.24. The lowest BCUT2D eigenvalue weighted by Crippen LogP contribution is -2.37. The van der Waals surface area contributed by atoms with Gasteiger partial charge in [0.1, 0.15) is 11.3 Å². The molecule has 37 heavy (non-hydrogen) atoms. The quantitative estimate of drug-likeness (QED) is 0.250. The van der Waals surface area contributed by atoms with Gasteiger partial charge in [0.2, 0.25) is 0 Å². The number of amides is 1. The van der Waals surface area contributed by atoms with Crippen LogP contribution in [0.4, 0.5) is 5.69 Å². The highest BCUT2D eigenvalue weighted by Crippen LogP contribution is 2.27. The van der Waals surface area contributed by atoms with Crippen molar-refractivity contribution in [2.75, 3.05) is 11.9 Å². The number of fused-ring (bicyclic) bond motifs is 1. The average molecular weight is 516 g/mol. The summed E-state index contributed by atoms with van der Waals surface area (Å²) in [6.07, 6.45) is 0.585. The van der Waals surface area contributed by atoms with Crippen molar-refractivity contribution >= 4 is 40.0 Å². The van der Waals surface area contributed by atoms with Crippen molar-refractivity contribution in [3.63, 3.8) is 0 Å². The minimum Gasteiger partial charge on any atom is -0.483 e. The van der Waals surface area contributed by atoms with E-state index in [0.717, 1.165) is 39.2 Å². The summed E-state index contributed by atoms with van der Waals surface area (Å²) in [7, 11) is 0. The van der Waals surface area contributed by atoms with Crippen LogP contribution in [0.2, 0.25) is 0 Å². The SMILES string of the molecule is Cc1ccc(C(C)C)c(OCC(=O)NC(=S)Nc2ccc(Cc3nc4cc(C(C)C)ccc4o3)cc2)c1. The maximum Gasteiger partial charge on any atom is 0.264 e. The van der Waals surface area contributed by atoms with Crippen LogP contribution in [0.1, 0.15) is 67.7 Å². The van der Waals surface area contributed by atoms with Crippen LogP contribution < -0.4 is 15.4 Å². The van der Waals surface area contributed by atoms with E-state index < -0.39 is 0 Å². The molecule has 4 aromatic rings. The number of oxazole rings is 1. The molecule has 0 fully saturated rings. The number of carbonyl (C=O) groups is 1. The Labute approximate surface area is 223 Å². The number of nitrogens with one attached hydrogen (secondary N) is 2. The van der Waals surface area contributed by atoms with Crippen molar-refractivity contribution in [2.45, 2.75) is 52.9 Å². The van der Waals surface area contributed by atoms with Gasteiger partial charge in [-0.25, -0.2) is 4.98 Å². The summed E-state index contributed by atoms with van der Waals surface area (Å²) in [5, 5.41) is 5.94. The Morgan fingerprint density at radius 3 is 2.46 bits per heavy atom. The monoisotopic (exact) mass is 515 g/mol. The second-order valence-electron chi connectivity index (χ2n) is 9.85. The Morgan fingerprint density at radius 2 is 1.76 bits per heavy atom. The molecule has 0 radical (unpaired) electrons. The molecule has 4 rings (SSSR count). The zero-order chi connectivity index (χ0) is 26.5. The first-order chi connectivity index (χ1) is 17.7. The topological polar surface area (TPSA) is 76.4 Å². The van der Waals surface area contributed by atoms with Gasteiger partial charge >= 0.3 is 0 Å². The molecule has 7 heteroatoms. The number of hydrogen-bond donors (Lipinski definition) is 2. The van der Waals surface area contributed by atoms with Crippen molar-refractivity contribution in [1.29, 1.82) is 0 Å². The van der Waals surface area contributed by atoms with Gasteiger partial charge in [-0.05, 0) is 83.6 Å². The molecule has 0 aliphatic rings. The van der Waals surface area contributed by atoms with Crippen molar-refractivity contribution in [2.24, 2.45) is 0 Å². The summed E-state index contributed by atoms with van der Waals surface area (Å²) in [5.74, 6) is 1.82. The standard InChI is InChI=1S/C30H33N3O3S/c1-18(2)22-9-13-26-25(16-22)32-29(36-26)15-21-7-10-23(11-8-21)31-30(37)33-28(34)17-35-27-14-20(5)6-12-24(27)19(3)4/h6-14,16,18-19H,15,17H2,1-5H3,(H2,31,33,34,37). The first kappa shape index (κ1) is 26.4. The fourth-order valence-electron chi connectivity index (χ4n) is 4.02. The van der Waals surface area contributed by atoms with Gasteiger partial charge in [-0.15, -0.1) is 0 Å². The first-order valence-corrected chi connectivity index (χ1v) is 12.9. The van der Waals surface area contributed by atoms with Crippen LogP contribution in [0.5, 0.6) is 5.75 Å². The molecule has 0 bridgehead atoms. The van der Waals surface area contributed by atoms with Crippen molar-refractivity contribution in [3.8, 4) is 5.75 Å². The molecule has 6 nitrogen and oxygen atoms in total. The highest BCUT2D eigenvalue weighted by Gasteiger charge is 2.12. The van der Waals surface area contributed by atoms with Crippen LogP contribution in [0.25, 0.3) is 11.1 Å². The van der Waals surface area contributed by atoms with Gasteiger partial charge in [0.05, 0.1) is 0 Å². The van der Waals surface area contributed by atoms with E-state index in [1.165, 1.54) is 5.56 Å². The van der Waals surface area contributed by atoms with E-state index in [-0.39, 0.29) is 17.6 Å². The molecule has 0 aliphatic carbocycles. The Morgan fingerprint density at radius 1 is 1.00 bits per heavy atom. The number of hydrogen-bond acceptors (Lipinski definition) is 5. The highest BCUT2D eigenvalue weighted by molar-refractivity contribution is 7.80. The van der Waals surface area contributed by atoms with Crippen LogP contribution in [-0.4, -0.2) is 22.6 Å². The van der Waals surface area contributed by atoms with Crippen LogP contribution in [0.15, 0.2) is 65.1 Å². The number of anilines is 1. The second kappa shape index (κ2) is 11.6. The molecule has 0 atom stereocenters. The maximum absolute atomic E-state index is 12.4. The largest absolute Gasteiger partial charge is 0.483 e. The van der Waals surface area contributed by atoms with E-state index in [9.17, 15) is 4.79 Å². The van der Waals surface area contributed by atoms with E-state index in [1.54, 1.807) is 0 Å².